The molecule has 64 valence electrons. The van der Waals surface area contributed by atoms with Crippen molar-refractivity contribution < 1.29 is 0 Å². The van der Waals surface area contributed by atoms with E-state index in [2.05, 4.69) is 45.8 Å². The summed E-state index contributed by atoms with van der Waals surface area (Å²) in [7, 11) is 0. The minimum atomic E-state index is 1.03. The van der Waals surface area contributed by atoms with Crippen molar-refractivity contribution in [1.29, 1.82) is 0 Å². The van der Waals surface area contributed by atoms with Gasteiger partial charge in [-0.2, -0.15) is 0 Å². The number of halogens is 1. The first-order valence-corrected chi connectivity index (χ1v) is 5.11. The van der Waals surface area contributed by atoms with Gasteiger partial charge in [0, 0.05) is 11.8 Å². The number of aromatic nitrogens is 1. The summed E-state index contributed by atoms with van der Waals surface area (Å²) < 4.78 is 1.03. The van der Waals surface area contributed by atoms with Gasteiger partial charge in [-0.3, -0.25) is 0 Å². The quantitative estimate of drug-likeness (QED) is 0.577. The van der Waals surface area contributed by atoms with Gasteiger partial charge in [0.2, 0.25) is 0 Å². The number of pyridine rings is 1. The summed E-state index contributed by atoms with van der Waals surface area (Å²) in [4.78, 5) is 4.24. The summed E-state index contributed by atoms with van der Waals surface area (Å²) in [6.07, 6.45) is 1.90. The zero-order chi connectivity index (χ0) is 9.10. The number of rotatable bonds is 1. The maximum atomic E-state index is 4.24. The maximum absolute atomic E-state index is 4.24. The number of hydrogen-bond donors (Lipinski definition) is 0. The van der Waals surface area contributed by atoms with Crippen LogP contribution in [0, 0.1) is 3.70 Å². The van der Waals surface area contributed by atoms with Crippen LogP contribution >= 0.6 is 22.6 Å². The lowest BCUT2D eigenvalue weighted by Crippen LogP contribution is -1.81. The van der Waals surface area contributed by atoms with Crippen LogP contribution in [-0.4, -0.2) is 4.98 Å². The third kappa shape index (κ3) is 2.06. The summed E-state index contributed by atoms with van der Waals surface area (Å²) in [6, 6.07) is 14.4. The molecule has 0 N–H and O–H groups in total. The second kappa shape index (κ2) is 3.87. The van der Waals surface area contributed by atoms with E-state index in [0.29, 0.717) is 0 Å². The molecule has 2 rings (SSSR count). The van der Waals surface area contributed by atoms with E-state index in [9.17, 15) is 0 Å². The number of nitrogens with zero attached hydrogens (tertiary/aromatic N) is 1. The molecule has 0 saturated heterocycles. The van der Waals surface area contributed by atoms with Crippen molar-refractivity contribution in [3.63, 3.8) is 0 Å². The predicted molar refractivity (Wildman–Crippen MR) is 62.4 cm³/mol. The average molecular weight is 281 g/mol. The Labute approximate surface area is 91.0 Å². The van der Waals surface area contributed by atoms with Crippen LogP contribution in [0.5, 0.6) is 0 Å². The van der Waals surface area contributed by atoms with E-state index in [0.717, 1.165) is 3.70 Å². The van der Waals surface area contributed by atoms with Crippen LogP contribution in [0.15, 0.2) is 48.7 Å². The van der Waals surface area contributed by atoms with Crippen LogP contribution < -0.4 is 0 Å². The Morgan fingerprint density at radius 2 is 1.62 bits per heavy atom. The van der Waals surface area contributed by atoms with Crippen molar-refractivity contribution in [2.75, 3.05) is 0 Å². The largest absolute Gasteiger partial charge is 0.250 e. The highest BCUT2D eigenvalue weighted by atomic mass is 127. The minimum Gasteiger partial charge on any atom is -0.250 e. The molecule has 0 atom stereocenters. The Balaban J connectivity index is 2.42. The minimum absolute atomic E-state index is 1.03. The molecule has 2 heteroatoms. The lowest BCUT2D eigenvalue weighted by Gasteiger charge is -1.99. The van der Waals surface area contributed by atoms with Crippen molar-refractivity contribution >= 4 is 22.6 Å². The Morgan fingerprint density at radius 1 is 0.846 bits per heavy atom. The molecule has 0 aliphatic heterocycles. The molecule has 0 spiro atoms. The molecule has 1 heterocycles. The molecule has 1 nitrogen and oxygen atoms in total. The molecule has 0 bridgehead atoms. The molecule has 1 aromatic heterocycles. The van der Waals surface area contributed by atoms with Gasteiger partial charge in [-0.15, -0.1) is 0 Å². The molecule has 0 unspecified atom stereocenters. The summed E-state index contributed by atoms with van der Waals surface area (Å²) in [6.45, 7) is 0. The summed E-state index contributed by atoms with van der Waals surface area (Å²) in [5.41, 5.74) is 2.38. The van der Waals surface area contributed by atoms with E-state index in [1.54, 1.807) is 0 Å². The van der Waals surface area contributed by atoms with E-state index in [1.165, 1.54) is 11.1 Å². The predicted octanol–water partition coefficient (Wildman–Crippen LogP) is 3.35. The highest BCUT2D eigenvalue weighted by Gasteiger charge is 1.95. The topological polar surface area (TPSA) is 12.9 Å². The molecule has 0 saturated carbocycles. The molecule has 0 amide bonds. The maximum Gasteiger partial charge on any atom is 0.101 e. The van der Waals surface area contributed by atoms with Crippen LogP contribution in [0.3, 0.4) is 0 Å². The molecule has 1 aromatic carbocycles. The van der Waals surface area contributed by atoms with Crippen molar-refractivity contribution in [3.05, 3.63) is 52.4 Å². The monoisotopic (exact) mass is 281 g/mol. The SMILES string of the molecule is Ic1ccc(-c2ccccc2)cn1. The first-order valence-electron chi connectivity index (χ1n) is 4.03. The van der Waals surface area contributed by atoms with E-state index >= 15 is 0 Å². The van der Waals surface area contributed by atoms with Gasteiger partial charge in [-0.1, -0.05) is 36.4 Å². The Bertz CT molecular complexity index is 381. The van der Waals surface area contributed by atoms with E-state index in [1.807, 2.05) is 30.5 Å². The average Bonchev–Trinajstić information content (AvgIpc) is 2.20. The lowest BCUT2D eigenvalue weighted by atomic mass is 10.1. The molecule has 0 aliphatic carbocycles. The van der Waals surface area contributed by atoms with E-state index < -0.39 is 0 Å². The van der Waals surface area contributed by atoms with Gasteiger partial charge >= 0.3 is 0 Å². The molecule has 0 aliphatic rings. The molecule has 13 heavy (non-hydrogen) atoms. The fourth-order valence-corrected chi connectivity index (χ4v) is 1.50. The molecular formula is C11H8IN. The molecule has 0 fully saturated rings. The van der Waals surface area contributed by atoms with Gasteiger partial charge in [-0.05, 0) is 34.2 Å². The molecule has 2 aromatic rings. The third-order valence-corrected chi connectivity index (χ3v) is 2.47. The van der Waals surface area contributed by atoms with Crippen LogP contribution in [0.25, 0.3) is 11.1 Å². The van der Waals surface area contributed by atoms with Crippen molar-refractivity contribution in [3.8, 4) is 11.1 Å². The molecule has 0 radical (unpaired) electrons. The standard InChI is InChI=1S/C11H8IN/c12-11-7-6-10(8-13-11)9-4-2-1-3-5-9/h1-8H. The summed E-state index contributed by atoms with van der Waals surface area (Å²) in [5, 5.41) is 0. The smallest absolute Gasteiger partial charge is 0.101 e. The van der Waals surface area contributed by atoms with Crippen LogP contribution in [0.4, 0.5) is 0 Å². The van der Waals surface area contributed by atoms with Crippen LogP contribution in [0.1, 0.15) is 0 Å². The zero-order valence-corrected chi connectivity index (χ0v) is 9.10. The number of benzene rings is 1. The van der Waals surface area contributed by atoms with Crippen molar-refractivity contribution in [2.24, 2.45) is 0 Å². The summed E-state index contributed by atoms with van der Waals surface area (Å²) >= 11 is 2.20. The summed E-state index contributed by atoms with van der Waals surface area (Å²) in [5.74, 6) is 0. The van der Waals surface area contributed by atoms with Crippen molar-refractivity contribution in [2.45, 2.75) is 0 Å². The lowest BCUT2D eigenvalue weighted by molar-refractivity contribution is 1.27. The normalized spacial score (nSPS) is 9.92. The number of hydrogen-bond acceptors (Lipinski definition) is 1. The second-order valence-corrected chi connectivity index (χ2v) is 3.84. The Hall–Kier alpha value is -0.900. The van der Waals surface area contributed by atoms with Crippen LogP contribution in [-0.2, 0) is 0 Å². The second-order valence-electron chi connectivity index (χ2n) is 2.74. The first kappa shape index (κ1) is 8.69. The van der Waals surface area contributed by atoms with E-state index in [-0.39, 0.29) is 0 Å². The van der Waals surface area contributed by atoms with Gasteiger partial charge < -0.3 is 0 Å². The van der Waals surface area contributed by atoms with E-state index in [4.69, 9.17) is 0 Å². The highest BCUT2D eigenvalue weighted by Crippen LogP contribution is 2.17. The van der Waals surface area contributed by atoms with Gasteiger partial charge in [0.05, 0.1) is 0 Å². The third-order valence-electron chi connectivity index (χ3n) is 1.83. The first-order chi connectivity index (χ1) is 6.36. The van der Waals surface area contributed by atoms with Gasteiger partial charge in [-0.25, -0.2) is 4.98 Å². The fourth-order valence-electron chi connectivity index (χ4n) is 1.18. The zero-order valence-electron chi connectivity index (χ0n) is 6.94. The van der Waals surface area contributed by atoms with Gasteiger partial charge in [0.1, 0.15) is 3.70 Å². The highest BCUT2D eigenvalue weighted by molar-refractivity contribution is 14.1. The van der Waals surface area contributed by atoms with Crippen LogP contribution in [0.2, 0.25) is 0 Å². The Morgan fingerprint density at radius 3 is 2.23 bits per heavy atom. The van der Waals surface area contributed by atoms with Gasteiger partial charge in [0.15, 0.2) is 0 Å². The Kier molecular flexibility index (Phi) is 2.59. The van der Waals surface area contributed by atoms with Crippen molar-refractivity contribution in [1.82, 2.24) is 4.98 Å². The van der Waals surface area contributed by atoms with Gasteiger partial charge in [0.25, 0.3) is 0 Å². The fraction of sp³-hybridized carbons (Fsp3) is 0. The molecular weight excluding hydrogens is 273 g/mol.